The fourth-order valence-corrected chi connectivity index (χ4v) is 3.60. The van der Waals surface area contributed by atoms with Gasteiger partial charge in [0.15, 0.2) is 0 Å². The fourth-order valence-electron chi connectivity index (χ4n) is 2.19. The molecule has 4 heterocycles. The zero-order valence-electron chi connectivity index (χ0n) is 11.6. The Balaban J connectivity index is 1.42. The van der Waals surface area contributed by atoms with Gasteiger partial charge in [0.1, 0.15) is 11.5 Å². The number of thioether (sulfide) groups is 1. The molecule has 1 N–H and O–H groups in total. The molecule has 4 aromatic rings. The van der Waals surface area contributed by atoms with Crippen LogP contribution in [0.3, 0.4) is 0 Å². The van der Waals surface area contributed by atoms with E-state index in [1.807, 2.05) is 35.0 Å². The number of rotatable bonds is 5. The average Bonchev–Trinajstić information content (AvgIpc) is 3.26. The molecule has 5 nitrogen and oxygen atoms in total. The van der Waals surface area contributed by atoms with Gasteiger partial charge in [0.05, 0.1) is 5.69 Å². The van der Waals surface area contributed by atoms with Gasteiger partial charge in [0, 0.05) is 29.4 Å². The maximum absolute atomic E-state index is 4.57. The minimum atomic E-state index is 0.762. The van der Waals surface area contributed by atoms with Gasteiger partial charge in [-0.3, -0.25) is 5.10 Å². The van der Waals surface area contributed by atoms with Gasteiger partial charge in [0.2, 0.25) is 5.16 Å². The third-order valence-corrected chi connectivity index (χ3v) is 4.95. The highest BCUT2D eigenvalue weighted by molar-refractivity contribution is 7.98. The van der Waals surface area contributed by atoms with Crippen LogP contribution in [0.15, 0.2) is 53.3 Å². The van der Waals surface area contributed by atoms with E-state index in [9.17, 15) is 0 Å². The van der Waals surface area contributed by atoms with E-state index in [-0.39, 0.29) is 0 Å². The van der Waals surface area contributed by atoms with Crippen molar-refractivity contribution in [2.45, 2.75) is 17.3 Å². The van der Waals surface area contributed by atoms with Crippen LogP contribution in [0, 0.1) is 0 Å². The standard InChI is InChI=1S/C15H13N5S2/c1-2-6-20-9-11(16-14(20)5-1)10-22-15-17-13(18-19-15)8-12-4-3-7-21-12/h1-7,9H,8,10H2,(H,17,18,19). The number of hydrogen-bond acceptors (Lipinski definition) is 5. The normalized spacial score (nSPS) is 11.3. The van der Waals surface area contributed by atoms with Gasteiger partial charge in [-0.15, -0.1) is 16.4 Å². The van der Waals surface area contributed by atoms with Crippen LogP contribution in [0.25, 0.3) is 5.65 Å². The SMILES string of the molecule is c1csc(Cc2nc(SCc3cn4ccccc4n3)n[nH]2)c1. The zero-order valence-corrected chi connectivity index (χ0v) is 13.3. The van der Waals surface area contributed by atoms with E-state index >= 15 is 0 Å². The first-order chi connectivity index (χ1) is 10.9. The third kappa shape index (κ3) is 2.90. The number of nitrogens with zero attached hydrogens (tertiary/aromatic N) is 4. The lowest BCUT2D eigenvalue weighted by Gasteiger charge is -1.92. The first-order valence-electron chi connectivity index (χ1n) is 6.86. The van der Waals surface area contributed by atoms with Crippen molar-refractivity contribution in [3.8, 4) is 0 Å². The molecule has 0 fully saturated rings. The molecule has 0 aliphatic heterocycles. The van der Waals surface area contributed by atoms with Crippen molar-refractivity contribution in [1.82, 2.24) is 24.6 Å². The molecule has 0 bridgehead atoms. The second-order valence-corrected chi connectivity index (χ2v) is 6.78. The molecule has 0 aliphatic carbocycles. The van der Waals surface area contributed by atoms with Crippen molar-refractivity contribution in [2.24, 2.45) is 0 Å². The number of fused-ring (bicyclic) bond motifs is 1. The lowest BCUT2D eigenvalue weighted by atomic mass is 10.3. The fraction of sp³-hybridized carbons (Fsp3) is 0.133. The second kappa shape index (κ2) is 5.94. The summed E-state index contributed by atoms with van der Waals surface area (Å²) in [5.41, 5.74) is 1.99. The summed E-state index contributed by atoms with van der Waals surface area (Å²) in [5.74, 6) is 1.66. The summed E-state index contributed by atoms with van der Waals surface area (Å²) in [6.45, 7) is 0. The van der Waals surface area contributed by atoms with Gasteiger partial charge >= 0.3 is 0 Å². The number of thiophene rings is 1. The van der Waals surface area contributed by atoms with Gasteiger partial charge in [-0.25, -0.2) is 9.97 Å². The molecule has 0 saturated carbocycles. The van der Waals surface area contributed by atoms with E-state index in [1.54, 1.807) is 23.1 Å². The van der Waals surface area contributed by atoms with Crippen LogP contribution in [-0.4, -0.2) is 24.6 Å². The highest BCUT2D eigenvalue weighted by atomic mass is 32.2. The zero-order chi connectivity index (χ0) is 14.8. The molecule has 7 heteroatoms. The summed E-state index contributed by atoms with van der Waals surface area (Å²) in [5, 5.41) is 10.1. The Morgan fingerprint density at radius 3 is 3.05 bits per heavy atom. The summed E-state index contributed by atoms with van der Waals surface area (Å²) in [7, 11) is 0. The molecule has 0 spiro atoms. The first kappa shape index (κ1) is 13.5. The number of H-pyrrole nitrogens is 1. The molecule has 0 aliphatic rings. The number of hydrogen-bond donors (Lipinski definition) is 1. The number of nitrogens with one attached hydrogen (secondary N) is 1. The van der Waals surface area contributed by atoms with Crippen LogP contribution in [0.5, 0.6) is 0 Å². The molecule has 110 valence electrons. The lowest BCUT2D eigenvalue weighted by Crippen LogP contribution is -1.87. The van der Waals surface area contributed by atoms with E-state index in [0.717, 1.165) is 34.5 Å². The Kier molecular flexibility index (Phi) is 3.65. The minimum absolute atomic E-state index is 0.762. The van der Waals surface area contributed by atoms with Gasteiger partial charge in [-0.05, 0) is 23.6 Å². The Bertz CT molecular complexity index is 845. The quantitative estimate of drug-likeness (QED) is 0.571. The van der Waals surface area contributed by atoms with E-state index in [2.05, 4.69) is 37.7 Å². The Hall–Kier alpha value is -2.12. The smallest absolute Gasteiger partial charge is 0.208 e. The van der Waals surface area contributed by atoms with Gasteiger partial charge < -0.3 is 4.40 Å². The minimum Gasteiger partial charge on any atom is -0.307 e. The Morgan fingerprint density at radius 1 is 1.18 bits per heavy atom. The van der Waals surface area contributed by atoms with Crippen LogP contribution in [-0.2, 0) is 12.2 Å². The second-order valence-electron chi connectivity index (χ2n) is 4.81. The van der Waals surface area contributed by atoms with Gasteiger partial charge in [-0.2, -0.15) is 0 Å². The third-order valence-electron chi connectivity index (χ3n) is 3.20. The monoisotopic (exact) mass is 327 g/mol. The van der Waals surface area contributed by atoms with Crippen molar-refractivity contribution in [1.29, 1.82) is 0 Å². The Labute approximate surface area is 135 Å². The number of aromatic amines is 1. The van der Waals surface area contributed by atoms with Crippen molar-refractivity contribution in [2.75, 3.05) is 0 Å². The Morgan fingerprint density at radius 2 is 2.18 bits per heavy atom. The summed E-state index contributed by atoms with van der Waals surface area (Å²) in [6, 6.07) is 10.1. The van der Waals surface area contributed by atoms with Gasteiger partial charge in [0.25, 0.3) is 0 Å². The highest BCUT2D eigenvalue weighted by Crippen LogP contribution is 2.20. The van der Waals surface area contributed by atoms with Crippen LogP contribution >= 0.6 is 23.1 Å². The first-order valence-corrected chi connectivity index (χ1v) is 8.72. The molecule has 0 aromatic carbocycles. The topological polar surface area (TPSA) is 58.9 Å². The van der Waals surface area contributed by atoms with E-state index in [1.165, 1.54) is 4.88 Å². The highest BCUT2D eigenvalue weighted by Gasteiger charge is 2.07. The van der Waals surface area contributed by atoms with Crippen molar-refractivity contribution >= 4 is 28.7 Å². The number of pyridine rings is 1. The van der Waals surface area contributed by atoms with Crippen LogP contribution in [0.2, 0.25) is 0 Å². The molecule has 4 rings (SSSR count). The van der Waals surface area contributed by atoms with Gasteiger partial charge in [-0.1, -0.05) is 23.9 Å². The number of imidazole rings is 1. The predicted molar refractivity (Wildman–Crippen MR) is 88.3 cm³/mol. The summed E-state index contributed by atoms with van der Waals surface area (Å²) in [6.07, 6.45) is 4.85. The number of aromatic nitrogens is 5. The maximum atomic E-state index is 4.57. The maximum Gasteiger partial charge on any atom is 0.208 e. The molecule has 0 amide bonds. The summed E-state index contributed by atoms with van der Waals surface area (Å²) < 4.78 is 2.02. The molecule has 22 heavy (non-hydrogen) atoms. The van der Waals surface area contributed by atoms with Crippen molar-refractivity contribution in [3.05, 3.63) is 64.5 Å². The van der Waals surface area contributed by atoms with Crippen LogP contribution < -0.4 is 0 Å². The van der Waals surface area contributed by atoms with E-state index in [4.69, 9.17) is 0 Å². The van der Waals surface area contributed by atoms with E-state index < -0.39 is 0 Å². The van der Waals surface area contributed by atoms with Crippen LogP contribution in [0.4, 0.5) is 0 Å². The molecule has 0 atom stereocenters. The lowest BCUT2D eigenvalue weighted by molar-refractivity contribution is 0.959. The van der Waals surface area contributed by atoms with E-state index in [0.29, 0.717) is 0 Å². The van der Waals surface area contributed by atoms with Crippen molar-refractivity contribution < 1.29 is 0 Å². The predicted octanol–water partition coefficient (Wildman–Crippen LogP) is 3.40. The summed E-state index contributed by atoms with van der Waals surface area (Å²) >= 11 is 3.33. The molecular weight excluding hydrogens is 314 g/mol. The molecule has 0 saturated heterocycles. The molecule has 0 unspecified atom stereocenters. The molecule has 4 aromatic heterocycles. The largest absolute Gasteiger partial charge is 0.307 e. The van der Waals surface area contributed by atoms with Crippen LogP contribution in [0.1, 0.15) is 16.4 Å². The molecular formula is C15H13N5S2. The molecule has 0 radical (unpaired) electrons. The van der Waals surface area contributed by atoms with Crippen molar-refractivity contribution in [3.63, 3.8) is 0 Å². The summed E-state index contributed by atoms with van der Waals surface area (Å²) in [4.78, 5) is 10.4. The average molecular weight is 327 g/mol.